The van der Waals surface area contributed by atoms with Crippen molar-refractivity contribution >= 4 is 63.0 Å². The van der Waals surface area contributed by atoms with E-state index < -0.39 is 0 Å². The molecule has 0 atom stereocenters. The van der Waals surface area contributed by atoms with Crippen molar-refractivity contribution in [3.63, 3.8) is 0 Å². The number of hydrogen-bond acceptors (Lipinski definition) is 5. The lowest BCUT2D eigenvalue weighted by molar-refractivity contribution is 1.07. The van der Waals surface area contributed by atoms with Gasteiger partial charge < -0.3 is 0 Å². The Morgan fingerprint density at radius 3 is 1.45 bits per heavy atom. The Morgan fingerprint density at radius 1 is 0.268 bits per heavy atom. The van der Waals surface area contributed by atoms with Gasteiger partial charge in [0.1, 0.15) is 0 Å². The highest BCUT2D eigenvalue weighted by Crippen LogP contribution is 2.42. The van der Waals surface area contributed by atoms with E-state index in [2.05, 4.69) is 170 Å². The van der Waals surface area contributed by atoms with Gasteiger partial charge in [-0.2, -0.15) is 0 Å². The van der Waals surface area contributed by atoms with Crippen LogP contribution in [0.15, 0.2) is 188 Å². The van der Waals surface area contributed by atoms with Gasteiger partial charge in [0.25, 0.3) is 0 Å². The van der Waals surface area contributed by atoms with Crippen LogP contribution in [0.3, 0.4) is 0 Å². The highest BCUT2D eigenvalue weighted by Gasteiger charge is 2.16. The Morgan fingerprint density at radius 2 is 0.714 bits per heavy atom. The lowest BCUT2D eigenvalue weighted by Gasteiger charge is -2.10. The molecule has 56 heavy (non-hydrogen) atoms. The standard InChI is InChI=1S/C51H31N3S2/c1-3-10-32(11-4-1)33-18-20-34(21-19-33)38-26-28-47-44(30-38)42-16-9-15-40(48(42)56-47)35-22-24-37(25-23-35)50-52-49(36-12-5-2-6-13-36)53-51(54-50)39-27-29-46-43(31-39)41-14-7-8-17-45(41)55-46/h1-31H. The Balaban J connectivity index is 0.955. The number of rotatable bonds is 6. The van der Waals surface area contributed by atoms with Crippen molar-refractivity contribution < 1.29 is 0 Å². The van der Waals surface area contributed by atoms with Crippen LogP contribution in [0.1, 0.15) is 0 Å². The Labute approximate surface area is 331 Å². The van der Waals surface area contributed by atoms with Crippen molar-refractivity contribution in [3.05, 3.63) is 188 Å². The van der Waals surface area contributed by atoms with Crippen LogP contribution in [0.25, 0.3) is 108 Å². The molecule has 0 aliphatic carbocycles. The van der Waals surface area contributed by atoms with Gasteiger partial charge in [0.2, 0.25) is 0 Å². The molecule has 0 radical (unpaired) electrons. The largest absolute Gasteiger partial charge is 0.208 e. The average Bonchev–Trinajstić information content (AvgIpc) is 3.85. The zero-order valence-electron chi connectivity index (χ0n) is 30.1. The lowest BCUT2D eigenvalue weighted by Crippen LogP contribution is -2.00. The zero-order valence-corrected chi connectivity index (χ0v) is 31.7. The lowest BCUT2D eigenvalue weighted by atomic mass is 9.98. The Kier molecular flexibility index (Phi) is 7.87. The highest BCUT2D eigenvalue weighted by molar-refractivity contribution is 7.26. The van der Waals surface area contributed by atoms with Crippen molar-refractivity contribution in [3.8, 4) is 67.5 Å². The fourth-order valence-electron chi connectivity index (χ4n) is 7.71. The summed E-state index contributed by atoms with van der Waals surface area (Å²) in [5, 5.41) is 5.04. The second-order valence-corrected chi connectivity index (χ2v) is 16.1. The molecule has 0 fully saturated rings. The molecule has 0 aliphatic heterocycles. The first-order valence-corrected chi connectivity index (χ1v) is 20.3. The fraction of sp³-hybridized carbons (Fsp3) is 0. The van der Waals surface area contributed by atoms with E-state index in [-0.39, 0.29) is 0 Å². The number of nitrogens with zero attached hydrogens (tertiary/aromatic N) is 3. The van der Waals surface area contributed by atoms with Crippen LogP contribution >= 0.6 is 22.7 Å². The van der Waals surface area contributed by atoms with Crippen LogP contribution in [-0.4, -0.2) is 15.0 Å². The monoisotopic (exact) mass is 749 g/mol. The zero-order chi connectivity index (χ0) is 37.0. The topological polar surface area (TPSA) is 38.7 Å². The molecule has 11 rings (SSSR count). The van der Waals surface area contributed by atoms with Gasteiger partial charge in [-0.3, -0.25) is 0 Å². The minimum atomic E-state index is 0.653. The molecule has 0 spiro atoms. The predicted molar refractivity (Wildman–Crippen MR) is 238 cm³/mol. The normalized spacial score (nSPS) is 11.6. The van der Waals surface area contributed by atoms with Crippen LogP contribution in [-0.2, 0) is 0 Å². The minimum Gasteiger partial charge on any atom is -0.208 e. The van der Waals surface area contributed by atoms with Gasteiger partial charge in [-0.15, -0.1) is 22.7 Å². The summed E-state index contributed by atoms with van der Waals surface area (Å²) in [6, 6.07) is 66.9. The minimum absolute atomic E-state index is 0.653. The third kappa shape index (κ3) is 5.77. The summed E-state index contributed by atoms with van der Waals surface area (Å²) in [7, 11) is 0. The average molecular weight is 750 g/mol. The third-order valence-corrected chi connectivity index (χ3v) is 13.0. The molecule has 0 bridgehead atoms. The molecule has 0 unspecified atom stereocenters. The van der Waals surface area contributed by atoms with E-state index in [1.54, 1.807) is 0 Å². The summed E-state index contributed by atoms with van der Waals surface area (Å²) in [6.45, 7) is 0. The van der Waals surface area contributed by atoms with Crippen molar-refractivity contribution in [2.24, 2.45) is 0 Å². The molecular weight excluding hydrogens is 719 g/mol. The van der Waals surface area contributed by atoms with E-state index in [0.29, 0.717) is 17.5 Å². The maximum atomic E-state index is 5.09. The van der Waals surface area contributed by atoms with E-state index >= 15 is 0 Å². The number of aromatic nitrogens is 3. The van der Waals surface area contributed by atoms with Gasteiger partial charge in [0.05, 0.1) is 0 Å². The van der Waals surface area contributed by atoms with E-state index in [1.165, 1.54) is 68.2 Å². The van der Waals surface area contributed by atoms with Gasteiger partial charge in [0.15, 0.2) is 17.5 Å². The Hall–Kier alpha value is -6.79. The van der Waals surface area contributed by atoms with Gasteiger partial charge in [0, 0.05) is 57.0 Å². The van der Waals surface area contributed by atoms with E-state index in [1.807, 2.05) is 40.9 Å². The molecule has 5 heteroatoms. The van der Waals surface area contributed by atoms with Crippen LogP contribution < -0.4 is 0 Å². The number of thiophene rings is 2. The number of hydrogen-bond donors (Lipinski definition) is 0. The molecule has 11 aromatic rings. The quantitative estimate of drug-likeness (QED) is 0.170. The Bertz CT molecular complexity index is 3220. The first kappa shape index (κ1) is 32.6. The van der Waals surface area contributed by atoms with Crippen LogP contribution in [0, 0.1) is 0 Å². The fourth-order valence-corrected chi connectivity index (χ4v) is 10.0. The summed E-state index contributed by atoms with van der Waals surface area (Å²) in [5.41, 5.74) is 10.2. The van der Waals surface area contributed by atoms with Gasteiger partial charge in [-0.1, -0.05) is 152 Å². The maximum Gasteiger partial charge on any atom is 0.164 e. The van der Waals surface area contributed by atoms with Gasteiger partial charge in [-0.25, -0.2) is 15.0 Å². The van der Waals surface area contributed by atoms with Gasteiger partial charge >= 0.3 is 0 Å². The maximum absolute atomic E-state index is 5.09. The predicted octanol–water partition coefficient (Wildman–Crippen LogP) is 14.6. The molecule has 3 nitrogen and oxygen atoms in total. The van der Waals surface area contributed by atoms with E-state index in [0.717, 1.165) is 22.3 Å². The summed E-state index contributed by atoms with van der Waals surface area (Å²) in [4.78, 5) is 15.1. The first-order chi connectivity index (χ1) is 27.7. The molecule has 0 N–H and O–H groups in total. The molecular formula is C51H31N3S2. The molecule has 3 aromatic heterocycles. The molecule has 0 amide bonds. The van der Waals surface area contributed by atoms with Crippen LogP contribution in [0.2, 0.25) is 0 Å². The van der Waals surface area contributed by atoms with Crippen molar-refractivity contribution in [2.75, 3.05) is 0 Å². The molecule has 0 aliphatic rings. The highest BCUT2D eigenvalue weighted by atomic mass is 32.1. The molecule has 0 saturated heterocycles. The summed E-state index contributed by atoms with van der Waals surface area (Å²) >= 11 is 3.67. The molecule has 0 saturated carbocycles. The SMILES string of the molecule is c1ccc(-c2ccc(-c3ccc4sc5c(-c6ccc(-c7nc(-c8ccccc8)nc(-c8ccc9sc%10ccccc%10c9c8)n7)cc6)cccc5c4c3)cc2)cc1. The third-order valence-electron chi connectivity index (χ3n) is 10.6. The van der Waals surface area contributed by atoms with Crippen molar-refractivity contribution in [2.45, 2.75) is 0 Å². The number of benzene rings is 8. The summed E-state index contributed by atoms with van der Waals surface area (Å²) < 4.78 is 5.11. The smallest absolute Gasteiger partial charge is 0.164 e. The number of fused-ring (bicyclic) bond motifs is 6. The van der Waals surface area contributed by atoms with Crippen LogP contribution in [0.4, 0.5) is 0 Å². The second-order valence-electron chi connectivity index (χ2n) is 14.0. The molecule has 3 heterocycles. The second kappa shape index (κ2) is 13.5. The van der Waals surface area contributed by atoms with Crippen LogP contribution in [0.5, 0.6) is 0 Å². The first-order valence-electron chi connectivity index (χ1n) is 18.7. The van der Waals surface area contributed by atoms with Crippen molar-refractivity contribution in [1.29, 1.82) is 0 Å². The summed E-state index contributed by atoms with van der Waals surface area (Å²) in [5.74, 6) is 1.98. The summed E-state index contributed by atoms with van der Waals surface area (Å²) in [6.07, 6.45) is 0. The molecule has 262 valence electrons. The van der Waals surface area contributed by atoms with Gasteiger partial charge in [-0.05, 0) is 69.8 Å². The molecule has 8 aromatic carbocycles. The van der Waals surface area contributed by atoms with Crippen molar-refractivity contribution in [1.82, 2.24) is 15.0 Å². The van der Waals surface area contributed by atoms with E-state index in [4.69, 9.17) is 15.0 Å². The van der Waals surface area contributed by atoms with E-state index in [9.17, 15) is 0 Å².